The van der Waals surface area contributed by atoms with Gasteiger partial charge in [0.15, 0.2) is 0 Å². The quantitative estimate of drug-likeness (QED) is 0.385. The third-order valence-corrected chi connectivity index (χ3v) is 5.75. The van der Waals surface area contributed by atoms with Crippen LogP contribution in [0.25, 0.3) is 10.4 Å². The van der Waals surface area contributed by atoms with E-state index in [4.69, 9.17) is 10.5 Å². The fourth-order valence-corrected chi connectivity index (χ4v) is 4.12. The van der Waals surface area contributed by atoms with Crippen molar-refractivity contribution in [1.29, 1.82) is 0 Å². The third-order valence-electron chi connectivity index (χ3n) is 4.68. The molecule has 0 aliphatic rings. The molecule has 0 aliphatic heterocycles. The van der Waals surface area contributed by atoms with Gasteiger partial charge in [0.2, 0.25) is 0 Å². The standard InChI is InChI=1S/C22H22F2N4O4S/c1-3-16(29)11-7-14(23)19(15(24)8-11)17-9-13(20(25)30)21(33-17)28-18-6-4-5-12(27-18)10-32-22(31)26-2/h4-9,16,29H,3,10H2,1-2H3,(H2,25,30)(H,26,31)(H,27,28). The summed E-state index contributed by atoms with van der Waals surface area (Å²) in [6.45, 7) is 1.61. The lowest BCUT2D eigenvalue weighted by atomic mass is 10.0. The predicted octanol–water partition coefficient (Wildman–Crippen LogP) is 4.23. The van der Waals surface area contributed by atoms with Crippen molar-refractivity contribution in [3.63, 3.8) is 0 Å². The fourth-order valence-electron chi connectivity index (χ4n) is 3.00. The van der Waals surface area contributed by atoms with E-state index in [9.17, 15) is 23.5 Å². The van der Waals surface area contributed by atoms with Gasteiger partial charge in [0.1, 0.15) is 29.1 Å². The highest BCUT2D eigenvalue weighted by Crippen LogP contribution is 2.39. The van der Waals surface area contributed by atoms with Crippen molar-refractivity contribution in [3.8, 4) is 10.4 Å². The van der Waals surface area contributed by atoms with E-state index >= 15 is 0 Å². The van der Waals surface area contributed by atoms with Crippen LogP contribution in [0.3, 0.4) is 0 Å². The smallest absolute Gasteiger partial charge is 0.407 e. The third kappa shape index (κ3) is 5.62. The number of rotatable bonds is 8. The zero-order valence-electron chi connectivity index (χ0n) is 17.8. The highest BCUT2D eigenvalue weighted by Gasteiger charge is 2.22. The molecule has 0 spiro atoms. The van der Waals surface area contributed by atoms with Gasteiger partial charge in [0, 0.05) is 11.9 Å². The largest absolute Gasteiger partial charge is 0.443 e. The van der Waals surface area contributed by atoms with Gasteiger partial charge in [-0.05, 0) is 42.3 Å². The van der Waals surface area contributed by atoms with Gasteiger partial charge >= 0.3 is 6.09 Å². The number of aliphatic hydroxyl groups excluding tert-OH is 1. The number of hydrogen-bond acceptors (Lipinski definition) is 7. The molecule has 0 saturated heterocycles. The van der Waals surface area contributed by atoms with Crippen molar-refractivity contribution in [3.05, 3.63) is 64.9 Å². The topological polar surface area (TPSA) is 127 Å². The minimum Gasteiger partial charge on any atom is -0.443 e. The molecule has 0 aliphatic carbocycles. The Morgan fingerprint density at radius 3 is 2.55 bits per heavy atom. The minimum atomic E-state index is -0.990. The first-order valence-corrected chi connectivity index (χ1v) is 10.7. The number of aromatic nitrogens is 1. The highest BCUT2D eigenvalue weighted by atomic mass is 32.1. The first kappa shape index (κ1) is 24.1. The van der Waals surface area contributed by atoms with Crippen LogP contribution in [0.1, 0.15) is 41.1 Å². The molecule has 0 saturated carbocycles. The molecular weight excluding hydrogens is 454 g/mol. The molecule has 1 unspecified atom stereocenters. The van der Waals surface area contributed by atoms with E-state index < -0.39 is 29.7 Å². The number of alkyl carbamates (subject to hydrolysis) is 1. The lowest BCUT2D eigenvalue weighted by molar-refractivity contribution is 0.100. The van der Waals surface area contributed by atoms with Crippen molar-refractivity contribution < 1.29 is 28.2 Å². The maximum atomic E-state index is 14.8. The molecule has 2 amide bonds. The van der Waals surface area contributed by atoms with Gasteiger partial charge in [-0.2, -0.15) is 0 Å². The highest BCUT2D eigenvalue weighted by molar-refractivity contribution is 7.20. The van der Waals surface area contributed by atoms with Crippen molar-refractivity contribution in [2.45, 2.75) is 26.1 Å². The number of halogens is 2. The zero-order chi connectivity index (χ0) is 24.1. The zero-order valence-corrected chi connectivity index (χ0v) is 18.6. The number of carbonyl (C=O) groups excluding carboxylic acids is 2. The number of nitrogens with one attached hydrogen (secondary N) is 2. The molecular formula is C22H22F2N4O4S. The number of anilines is 2. The number of amides is 2. The Morgan fingerprint density at radius 1 is 1.24 bits per heavy atom. The molecule has 8 nitrogen and oxygen atoms in total. The number of aliphatic hydroxyl groups is 1. The van der Waals surface area contributed by atoms with Crippen LogP contribution in [0.2, 0.25) is 0 Å². The van der Waals surface area contributed by atoms with Crippen LogP contribution in [0, 0.1) is 11.6 Å². The summed E-state index contributed by atoms with van der Waals surface area (Å²) in [6, 6.07) is 8.34. The average Bonchev–Trinajstić information content (AvgIpc) is 3.20. The Kier molecular flexibility index (Phi) is 7.56. The number of nitrogens with two attached hydrogens (primary N) is 1. The second-order valence-electron chi connectivity index (χ2n) is 6.97. The molecule has 2 aromatic heterocycles. The number of thiophene rings is 1. The monoisotopic (exact) mass is 476 g/mol. The van der Waals surface area contributed by atoms with Crippen LogP contribution in [0.5, 0.6) is 0 Å². The predicted molar refractivity (Wildman–Crippen MR) is 120 cm³/mol. The van der Waals surface area contributed by atoms with Gasteiger partial charge in [-0.3, -0.25) is 4.79 Å². The van der Waals surface area contributed by atoms with Gasteiger partial charge < -0.3 is 26.2 Å². The molecule has 2 heterocycles. The summed E-state index contributed by atoms with van der Waals surface area (Å²) < 4.78 is 34.5. The molecule has 0 radical (unpaired) electrons. The van der Waals surface area contributed by atoms with Gasteiger partial charge in [-0.25, -0.2) is 18.6 Å². The van der Waals surface area contributed by atoms with E-state index in [2.05, 4.69) is 15.6 Å². The minimum absolute atomic E-state index is 0.0280. The van der Waals surface area contributed by atoms with Crippen LogP contribution < -0.4 is 16.4 Å². The summed E-state index contributed by atoms with van der Waals surface area (Å²) in [4.78, 5) is 27.6. The van der Waals surface area contributed by atoms with Gasteiger partial charge in [-0.1, -0.05) is 13.0 Å². The lowest BCUT2D eigenvalue weighted by Crippen LogP contribution is -2.19. The molecule has 1 atom stereocenters. The maximum Gasteiger partial charge on any atom is 0.407 e. The summed E-state index contributed by atoms with van der Waals surface area (Å²) in [5, 5.41) is 15.4. The SMILES string of the molecule is CCC(O)c1cc(F)c(-c2cc(C(N)=O)c(Nc3cccc(COC(=O)NC)n3)s2)c(F)c1. The second-order valence-corrected chi connectivity index (χ2v) is 8.02. The van der Waals surface area contributed by atoms with E-state index in [1.165, 1.54) is 13.1 Å². The summed E-state index contributed by atoms with van der Waals surface area (Å²) in [7, 11) is 1.43. The second kappa shape index (κ2) is 10.4. The maximum absolute atomic E-state index is 14.8. The number of primary amides is 1. The summed E-state index contributed by atoms with van der Waals surface area (Å²) in [5.74, 6) is -2.22. The van der Waals surface area contributed by atoms with Crippen molar-refractivity contribution in [1.82, 2.24) is 10.3 Å². The summed E-state index contributed by atoms with van der Waals surface area (Å²) in [5.41, 5.74) is 5.72. The Morgan fingerprint density at radius 2 is 1.94 bits per heavy atom. The van der Waals surface area contributed by atoms with Crippen molar-refractivity contribution >= 4 is 34.2 Å². The Labute approximate surface area is 192 Å². The lowest BCUT2D eigenvalue weighted by Gasteiger charge is -2.11. The van der Waals surface area contributed by atoms with Crippen LogP contribution in [0.15, 0.2) is 36.4 Å². The first-order chi connectivity index (χ1) is 15.7. The number of pyridine rings is 1. The fraction of sp³-hybridized carbons (Fsp3) is 0.227. The molecule has 5 N–H and O–H groups in total. The molecule has 0 bridgehead atoms. The first-order valence-electron chi connectivity index (χ1n) is 9.91. The van der Waals surface area contributed by atoms with Crippen LogP contribution in [-0.2, 0) is 11.3 Å². The van der Waals surface area contributed by atoms with Crippen LogP contribution >= 0.6 is 11.3 Å². The van der Waals surface area contributed by atoms with E-state index in [0.717, 1.165) is 23.5 Å². The number of benzene rings is 1. The molecule has 0 fully saturated rings. The Balaban J connectivity index is 1.93. The van der Waals surface area contributed by atoms with Gasteiger partial charge in [-0.15, -0.1) is 11.3 Å². The normalized spacial score (nSPS) is 11.7. The number of hydrogen-bond donors (Lipinski definition) is 4. The summed E-state index contributed by atoms with van der Waals surface area (Å²) in [6.07, 6.45) is -1.30. The van der Waals surface area contributed by atoms with Crippen LogP contribution in [0.4, 0.5) is 24.4 Å². The molecule has 33 heavy (non-hydrogen) atoms. The van der Waals surface area contributed by atoms with Gasteiger partial charge in [0.25, 0.3) is 5.91 Å². The summed E-state index contributed by atoms with van der Waals surface area (Å²) >= 11 is 0.922. The molecule has 1 aromatic carbocycles. The van der Waals surface area contributed by atoms with Crippen LogP contribution in [-0.4, -0.2) is 29.1 Å². The van der Waals surface area contributed by atoms with E-state index in [0.29, 0.717) is 17.9 Å². The van der Waals surface area contributed by atoms with E-state index in [-0.39, 0.29) is 33.2 Å². The Hall–Kier alpha value is -3.57. The molecule has 174 valence electrons. The van der Waals surface area contributed by atoms with E-state index in [1.807, 2.05) is 0 Å². The molecule has 3 aromatic rings. The van der Waals surface area contributed by atoms with Crippen molar-refractivity contribution in [2.24, 2.45) is 5.73 Å². The molecule has 11 heteroatoms. The van der Waals surface area contributed by atoms with Crippen molar-refractivity contribution in [2.75, 3.05) is 12.4 Å². The van der Waals surface area contributed by atoms with Gasteiger partial charge in [0.05, 0.1) is 22.9 Å². The molecule has 3 rings (SSSR count). The Bertz CT molecular complexity index is 1160. The number of carbonyl (C=O) groups is 2. The number of ether oxygens (including phenoxy) is 1. The van der Waals surface area contributed by atoms with E-state index in [1.54, 1.807) is 25.1 Å². The average molecular weight is 477 g/mol. The number of nitrogens with zero attached hydrogens (tertiary/aromatic N) is 1.